The zero-order valence-corrected chi connectivity index (χ0v) is 9.76. The largest absolute Gasteiger partial charge is 0.464 e. The summed E-state index contributed by atoms with van der Waals surface area (Å²) in [7, 11) is 0. The van der Waals surface area contributed by atoms with E-state index >= 15 is 0 Å². The summed E-state index contributed by atoms with van der Waals surface area (Å²) >= 11 is 0. The molecule has 0 spiro atoms. The van der Waals surface area contributed by atoms with Crippen LogP contribution in [-0.2, 0) is 6.42 Å². The number of carboxylic acid groups (broad SMARTS) is 1. The Hall–Kier alpha value is -1.81. The molecule has 0 aliphatic heterocycles. The van der Waals surface area contributed by atoms with Crippen LogP contribution in [0.4, 0.5) is 4.79 Å². The fourth-order valence-electron chi connectivity index (χ4n) is 1.99. The summed E-state index contributed by atoms with van der Waals surface area (Å²) in [6.07, 6.45) is 2.40. The summed E-state index contributed by atoms with van der Waals surface area (Å²) < 4.78 is 1.27. The summed E-state index contributed by atoms with van der Waals surface area (Å²) in [6.45, 7) is 1.95. The fourth-order valence-corrected chi connectivity index (χ4v) is 1.99. The van der Waals surface area contributed by atoms with Crippen molar-refractivity contribution in [1.82, 2.24) is 4.57 Å². The smallest absolute Gasteiger partial charge is 0.416 e. The van der Waals surface area contributed by atoms with Crippen LogP contribution in [-0.4, -0.2) is 21.8 Å². The molecule has 3 N–H and O–H groups in total. The van der Waals surface area contributed by atoms with Crippen LogP contribution in [0.5, 0.6) is 0 Å². The van der Waals surface area contributed by atoms with Gasteiger partial charge in [0.1, 0.15) is 0 Å². The second-order valence-corrected chi connectivity index (χ2v) is 4.34. The highest BCUT2D eigenvalue weighted by atomic mass is 16.4. The Morgan fingerprint density at radius 3 is 2.82 bits per heavy atom. The average Bonchev–Trinajstić information content (AvgIpc) is 2.65. The Morgan fingerprint density at radius 1 is 1.47 bits per heavy atom. The number of rotatable bonds is 3. The number of hydrogen-bond acceptors (Lipinski definition) is 2. The normalized spacial score (nSPS) is 12.8. The van der Waals surface area contributed by atoms with E-state index in [4.69, 9.17) is 10.8 Å². The summed E-state index contributed by atoms with van der Waals surface area (Å²) in [5, 5.41) is 10.1. The van der Waals surface area contributed by atoms with Gasteiger partial charge in [0.25, 0.3) is 0 Å². The molecule has 2 aromatic rings. The molecule has 1 atom stereocenters. The molecule has 2 rings (SSSR count). The van der Waals surface area contributed by atoms with Crippen LogP contribution in [0.15, 0.2) is 30.5 Å². The Labute approximate surface area is 99.7 Å². The van der Waals surface area contributed by atoms with E-state index in [9.17, 15) is 4.79 Å². The average molecular weight is 232 g/mol. The molecule has 90 valence electrons. The maximum Gasteiger partial charge on any atom is 0.416 e. The third-order valence-electron chi connectivity index (χ3n) is 2.87. The van der Waals surface area contributed by atoms with E-state index in [1.165, 1.54) is 4.57 Å². The molecule has 0 saturated heterocycles. The molecule has 0 unspecified atom stereocenters. The van der Waals surface area contributed by atoms with Crippen molar-refractivity contribution in [2.24, 2.45) is 5.73 Å². The van der Waals surface area contributed by atoms with Gasteiger partial charge in [-0.3, -0.25) is 4.57 Å². The molecular weight excluding hydrogens is 216 g/mol. The summed E-state index contributed by atoms with van der Waals surface area (Å²) in [4.78, 5) is 11.1. The number of aromatic nitrogens is 1. The monoisotopic (exact) mass is 232 g/mol. The lowest BCUT2D eigenvalue weighted by atomic mass is 10.1. The highest BCUT2D eigenvalue weighted by molar-refractivity contribution is 5.91. The van der Waals surface area contributed by atoms with Crippen molar-refractivity contribution in [3.05, 3.63) is 36.0 Å². The van der Waals surface area contributed by atoms with Crippen molar-refractivity contribution in [1.29, 1.82) is 0 Å². The molecule has 1 aromatic heterocycles. The van der Waals surface area contributed by atoms with Crippen molar-refractivity contribution < 1.29 is 9.90 Å². The van der Waals surface area contributed by atoms with Crippen molar-refractivity contribution in [3.8, 4) is 0 Å². The topological polar surface area (TPSA) is 68.2 Å². The van der Waals surface area contributed by atoms with E-state index in [0.29, 0.717) is 0 Å². The van der Waals surface area contributed by atoms with Gasteiger partial charge >= 0.3 is 6.09 Å². The van der Waals surface area contributed by atoms with Crippen LogP contribution in [0.25, 0.3) is 10.9 Å². The second-order valence-electron chi connectivity index (χ2n) is 4.34. The van der Waals surface area contributed by atoms with E-state index in [-0.39, 0.29) is 6.04 Å². The highest BCUT2D eigenvalue weighted by Crippen LogP contribution is 2.22. The lowest BCUT2D eigenvalue weighted by Gasteiger charge is -2.02. The molecule has 1 aromatic carbocycles. The van der Waals surface area contributed by atoms with Crippen LogP contribution < -0.4 is 5.73 Å². The minimum atomic E-state index is -0.951. The maximum atomic E-state index is 11.1. The van der Waals surface area contributed by atoms with E-state index in [1.54, 1.807) is 6.20 Å². The van der Waals surface area contributed by atoms with Crippen molar-refractivity contribution in [3.63, 3.8) is 0 Å². The molecule has 0 aliphatic rings. The Morgan fingerprint density at radius 2 is 2.18 bits per heavy atom. The van der Waals surface area contributed by atoms with Gasteiger partial charge in [-0.2, -0.15) is 0 Å². The van der Waals surface area contributed by atoms with Gasteiger partial charge in [-0.25, -0.2) is 4.79 Å². The molecule has 4 heteroatoms. The lowest BCUT2D eigenvalue weighted by molar-refractivity contribution is 0.197. The first kappa shape index (κ1) is 11.7. The number of nitrogens with two attached hydrogens (primary N) is 1. The van der Waals surface area contributed by atoms with Gasteiger partial charge in [-0.1, -0.05) is 18.2 Å². The van der Waals surface area contributed by atoms with Gasteiger partial charge in [0, 0.05) is 17.6 Å². The lowest BCUT2D eigenvalue weighted by Crippen LogP contribution is -2.15. The predicted molar refractivity (Wildman–Crippen MR) is 67.3 cm³/mol. The molecule has 17 heavy (non-hydrogen) atoms. The third kappa shape index (κ3) is 2.31. The van der Waals surface area contributed by atoms with Gasteiger partial charge in [0.15, 0.2) is 0 Å². The fraction of sp³-hybridized carbons (Fsp3) is 0.308. The molecule has 0 radical (unpaired) electrons. The first-order chi connectivity index (χ1) is 8.09. The number of fused-ring (bicyclic) bond motifs is 1. The Kier molecular flexibility index (Phi) is 3.15. The number of aryl methyl sites for hydroxylation is 1. The number of nitrogens with zero attached hydrogens (tertiary/aromatic N) is 1. The molecule has 0 fully saturated rings. The van der Waals surface area contributed by atoms with E-state index in [2.05, 4.69) is 0 Å². The predicted octanol–water partition coefficient (Wildman–Crippen LogP) is 2.45. The van der Waals surface area contributed by atoms with E-state index in [1.807, 2.05) is 31.2 Å². The van der Waals surface area contributed by atoms with Crippen molar-refractivity contribution >= 4 is 17.0 Å². The maximum absolute atomic E-state index is 11.1. The van der Waals surface area contributed by atoms with Gasteiger partial charge < -0.3 is 10.8 Å². The number of carbonyl (C=O) groups is 1. The zero-order valence-electron chi connectivity index (χ0n) is 9.76. The van der Waals surface area contributed by atoms with Crippen LogP contribution >= 0.6 is 0 Å². The van der Waals surface area contributed by atoms with Crippen LogP contribution in [0, 0.1) is 0 Å². The SMILES string of the molecule is C[C@@H](N)CCc1cn(C(=O)O)c2ccccc12. The first-order valence-corrected chi connectivity index (χ1v) is 5.67. The summed E-state index contributed by atoms with van der Waals surface area (Å²) in [5.41, 5.74) is 7.51. The molecule has 0 aliphatic carbocycles. The van der Waals surface area contributed by atoms with Gasteiger partial charge in [0.2, 0.25) is 0 Å². The van der Waals surface area contributed by atoms with Crippen LogP contribution in [0.2, 0.25) is 0 Å². The van der Waals surface area contributed by atoms with Gasteiger partial charge in [-0.05, 0) is 31.4 Å². The second kappa shape index (κ2) is 4.59. The van der Waals surface area contributed by atoms with E-state index in [0.717, 1.165) is 29.3 Å². The number of para-hydroxylation sites is 1. The zero-order chi connectivity index (χ0) is 12.4. The summed E-state index contributed by atoms with van der Waals surface area (Å²) in [6, 6.07) is 7.66. The van der Waals surface area contributed by atoms with Crippen LogP contribution in [0.3, 0.4) is 0 Å². The molecule has 1 heterocycles. The van der Waals surface area contributed by atoms with Crippen molar-refractivity contribution in [2.75, 3.05) is 0 Å². The molecule has 0 amide bonds. The van der Waals surface area contributed by atoms with Crippen LogP contribution in [0.1, 0.15) is 18.9 Å². The van der Waals surface area contributed by atoms with Crippen molar-refractivity contribution in [2.45, 2.75) is 25.8 Å². The standard InChI is InChI=1S/C13H16N2O2/c1-9(14)6-7-10-8-15(13(16)17)12-5-3-2-4-11(10)12/h2-5,8-9H,6-7,14H2,1H3,(H,16,17)/t9-/m1/s1. The Balaban J connectivity index is 2.45. The Bertz CT molecular complexity index is 543. The third-order valence-corrected chi connectivity index (χ3v) is 2.87. The van der Waals surface area contributed by atoms with Gasteiger partial charge in [-0.15, -0.1) is 0 Å². The quantitative estimate of drug-likeness (QED) is 0.854. The van der Waals surface area contributed by atoms with Gasteiger partial charge in [0.05, 0.1) is 5.52 Å². The molecule has 0 saturated carbocycles. The minimum Gasteiger partial charge on any atom is -0.464 e. The molecule has 4 nitrogen and oxygen atoms in total. The summed E-state index contributed by atoms with van der Waals surface area (Å²) in [5.74, 6) is 0. The first-order valence-electron chi connectivity index (χ1n) is 5.67. The minimum absolute atomic E-state index is 0.127. The molecule has 0 bridgehead atoms. The van der Waals surface area contributed by atoms with E-state index < -0.39 is 6.09 Å². The molecular formula is C13H16N2O2. The number of benzene rings is 1. The number of hydrogen-bond donors (Lipinski definition) is 2. The highest BCUT2D eigenvalue weighted by Gasteiger charge is 2.12.